The van der Waals surface area contributed by atoms with Gasteiger partial charge in [-0.1, -0.05) is 168 Å². The van der Waals surface area contributed by atoms with Crippen molar-refractivity contribution in [1.82, 2.24) is 4.90 Å². The number of carbonyl (C=O) groups is 5. The maximum atomic E-state index is 13.0. The standard InChI is InChI=1S/C54H99NO12/c1-4-7-10-13-14-15-16-17-18-19-20-23-29-36-52(59)65-44-48(46-67-54(61)62-41-39-55(38-40-56)49-32-25-24-26-33-49)45-66-53(60)37-30-31-47(42-63-50(57)34-27-21-11-8-5-2)43-64-51(58)35-28-22-12-9-6-3/h47-49,56H,4-46H2,1-3H3. The highest BCUT2D eigenvalue weighted by atomic mass is 16.7. The molecule has 0 aliphatic heterocycles. The number of nitrogens with zero attached hydrogens (tertiary/aromatic N) is 1. The van der Waals surface area contributed by atoms with Gasteiger partial charge in [0.15, 0.2) is 0 Å². The lowest BCUT2D eigenvalue weighted by Gasteiger charge is -2.33. The second-order valence-electron chi connectivity index (χ2n) is 19.1. The van der Waals surface area contributed by atoms with Crippen LogP contribution in [0.4, 0.5) is 4.79 Å². The molecule has 67 heavy (non-hydrogen) atoms. The van der Waals surface area contributed by atoms with Crippen LogP contribution >= 0.6 is 0 Å². The van der Waals surface area contributed by atoms with Crippen molar-refractivity contribution in [2.24, 2.45) is 11.8 Å². The minimum Gasteiger partial charge on any atom is -0.465 e. The molecule has 1 fully saturated rings. The molecule has 1 aliphatic rings. The highest BCUT2D eigenvalue weighted by Crippen LogP contribution is 2.22. The Balaban J connectivity index is 2.66. The van der Waals surface area contributed by atoms with Gasteiger partial charge < -0.3 is 33.5 Å². The van der Waals surface area contributed by atoms with Crippen molar-refractivity contribution in [2.45, 2.75) is 245 Å². The number of carbonyl (C=O) groups excluding carboxylic acids is 5. The summed E-state index contributed by atoms with van der Waals surface area (Å²) < 4.78 is 33.2. The van der Waals surface area contributed by atoms with Crippen LogP contribution in [-0.2, 0) is 47.6 Å². The number of rotatable bonds is 46. The molecule has 13 heteroatoms. The van der Waals surface area contributed by atoms with Gasteiger partial charge in [-0.2, -0.15) is 0 Å². The van der Waals surface area contributed by atoms with Gasteiger partial charge in [-0.15, -0.1) is 0 Å². The molecule has 0 saturated heterocycles. The number of esters is 4. The van der Waals surface area contributed by atoms with Crippen molar-refractivity contribution >= 4 is 30.0 Å². The number of aliphatic hydroxyl groups is 1. The molecular formula is C54H99NO12. The molecule has 1 atom stereocenters. The van der Waals surface area contributed by atoms with Gasteiger partial charge in [-0.25, -0.2) is 4.79 Å². The largest absolute Gasteiger partial charge is 0.508 e. The molecule has 0 aromatic rings. The van der Waals surface area contributed by atoms with E-state index in [0.717, 1.165) is 109 Å². The quantitative estimate of drug-likeness (QED) is 0.0348. The van der Waals surface area contributed by atoms with Gasteiger partial charge in [0.25, 0.3) is 0 Å². The van der Waals surface area contributed by atoms with Crippen LogP contribution in [0.15, 0.2) is 0 Å². The molecule has 0 bridgehead atoms. The van der Waals surface area contributed by atoms with E-state index >= 15 is 0 Å². The van der Waals surface area contributed by atoms with Gasteiger partial charge in [0.2, 0.25) is 0 Å². The van der Waals surface area contributed by atoms with Crippen LogP contribution in [0.1, 0.15) is 239 Å². The van der Waals surface area contributed by atoms with Crippen molar-refractivity contribution in [1.29, 1.82) is 0 Å². The zero-order valence-corrected chi connectivity index (χ0v) is 43.0. The Kier molecular flexibility index (Phi) is 42.2. The Morgan fingerprint density at radius 1 is 0.433 bits per heavy atom. The summed E-state index contributed by atoms with van der Waals surface area (Å²) in [6.45, 7) is 7.52. The minimum absolute atomic E-state index is 0.0312. The van der Waals surface area contributed by atoms with E-state index < -0.39 is 18.0 Å². The lowest BCUT2D eigenvalue weighted by molar-refractivity contribution is -0.152. The van der Waals surface area contributed by atoms with Gasteiger partial charge in [0, 0.05) is 50.7 Å². The van der Waals surface area contributed by atoms with E-state index in [4.69, 9.17) is 28.4 Å². The Hall–Kier alpha value is -2.93. The summed E-state index contributed by atoms with van der Waals surface area (Å²) >= 11 is 0. The second kappa shape index (κ2) is 45.5. The molecule has 13 nitrogen and oxygen atoms in total. The first-order valence-corrected chi connectivity index (χ1v) is 27.5. The average Bonchev–Trinajstić information content (AvgIpc) is 3.33. The van der Waals surface area contributed by atoms with E-state index in [-0.39, 0.29) is 76.5 Å². The molecule has 0 radical (unpaired) electrons. The number of hydrogen-bond donors (Lipinski definition) is 1. The lowest BCUT2D eigenvalue weighted by Crippen LogP contribution is -2.41. The van der Waals surface area contributed by atoms with Crippen LogP contribution in [0.3, 0.4) is 0 Å². The third-order valence-corrected chi connectivity index (χ3v) is 12.9. The van der Waals surface area contributed by atoms with Gasteiger partial charge in [0.1, 0.15) is 26.4 Å². The summed E-state index contributed by atoms with van der Waals surface area (Å²) in [4.78, 5) is 65.6. The summed E-state index contributed by atoms with van der Waals surface area (Å²) in [6.07, 6.45) is 32.8. The molecule has 0 aromatic carbocycles. The van der Waals surface area contributed by atoms with Crippen LogP contribution in [-0.4, -0.2) is 105 Å². The van der Waals surface area contributed by atoms with Crippen molar-refractivity contribution in [3.8, 4) is 0 Å². The average molecular weight is 954 g/mol. The Morgan fingerprint density at radius 3 is 1.19 bits per heavy atom. The molecule has 0 heterocycles. The van der Waals surface area contributed by atoms with Crippen LogP contribution in [0.25, 0.3) is 0 Å². The molecule has 0 spiro atoms. The van der Waals surface area contributed by atoms with Crippen molar-refractivity contribution in [3.63, 3.8) is 0 Å². The van der Waals surface area contributed by atoms with Gasteiger partial charge in [-0.05, 0) is 44.9 Å². The summed E-state index contributed by atoms with van der Waals surface area (Å²) in [5, 5.41) is 9.60. The summed E-state index contributed by atoms with van der Waals surface area (Å²) in [7, 11) is 0. The van der Waals surface area contributed by atoms with Crippen molar-refractivity contribution < 1.29 is 57.5 Å². The van der Waals surface area contributed by atoms with E-state index in [1.807, 2.05) is 0 Å². The summed E-state index contributed by atoms with van der Waals surface area (Å²) in [5.74, 6) is -2.21. The molecule has 1 unspecified atom stereocenters. The fourth-order valence-corrected chi connectivity index (χ4v) is 8.58. The topological polar surface area (TPSA) is 164 Å². The molecule has 392 valence electrons. The molecule has 0 aromatic heterocycles. The molecular weight excluding hydrogens is 855 g/mol. The summed E-state index contributed by atoms with van der Waals surface area (Å²) in [6, 6.07) is 0.361. The molecule has 1 aliphatic carbocycles. The van der Waals surface area contributed by atoms with E-state index in [9.17, 15) is 29.1 Å². The number of hydrogen-bond acceptors (Lipinski definition) is 13. The highest BCUT2D eigenvalue weighted by Gasteiger charge is 2.23. The first-order chi connectivity index (χ1) is 32.7. The monoisotopic (exact) mass is 954 g/mol. The fourth-order valence-electron chi connectivity index (χ4n) is 8.58. The molecule has 1 N–H and O–H groups in total. The Labute approximate surface area is 407 Å². The number of ether oxygens (including phenoxy) is 6. The van der Waals surface area contributed by atoms with E-state index in [1.54, 1.807) is 0 Å². The Morgan fingerprint density at radius 2 is 0.791 bits per heavy atom. The predicted octanol–water partition coefficient (Wildman–Crippen LogP) is 12.5. The number of aliphatic hydroxyl groups excluding tert-OH is 1. The van der Waals surface area contributed by atoms with E-state index in [2.05, 4.69) is 25.7 Å². The highest BCUT2D eigenvalue weighted by molar-refractivity contribution is 5.70. The lowest BCUT2D eigenvalue weighted by atomic mass is 9.94. The Bertz CT molecular complexity index is 1180. The van der Waals surface area contributed by atoms with Crippen LogP contribution in [0.2, 0.25) is 0 Å². The third kappa shape index (κ3) is 38.6. The maximum absolute atomic E-state index is 13.0. The summed E-state index contributed by atoms with van der Waals surface area (Å²) in [5.41, 5.74) is 0. The molecule has 0 amide bonds. The SMILES string of the molecule is CCCCCCCCCCCCCCCC(=O)OCC(COC(=O)CCCC(COC(=O)CCCCCCC)COC(=O)CCCCCCC)COC(=O)OCCN(CCO)C1CCCCC1. The van der Waals surface area contributed by atoms with Crippen LogP contribution < -0.4 is 0 Å². The minimum atomic E-state index is -0.859. The van der Waals surface area contributed by atoms with E-state index in [0.29, 0.717) is 51.2 Å². The third-order valence-electron chi connectivity index (χ3n) is 12.9. The molecule has 1 saturated carbocycles. The number of unbranched alkanes of at least 4 members (excludes halogenated alkanes) is 20. The second-order valence-corrected chi connectivity index (χ2v) is 19.1. The smallest absolute Gasteiger partial charge is 0.465 e. The zero-order chi connectivity index (χ0) is 48.8. The van der Waals surface area contributed by atoms with Gasteiger partial charge in [-0.3, -0.25) is 24.1 Å². The van der Waals surface area contributed by atoms with E-state index in [1.165, 1.54) is 70.6 Å². The fraction of sp³-hybridized carbons (Fsp3) is 0.907. The zero-order valence-electron chi connectivity index (χ0n) is 43.0. The van der Waals surface area contributed by atoms with Crippen LogP contribution in [0.5, 0.6) is 0 Å². The first kappa shape index (κ1) is 62.1. The van der Waals surface area contributed by atoms with Crippen LogP contribution in [0, 0.1) is 11.8 Å². The van der Waals surface area contributed by atoms with Gasteiger partial charge in [0.05, 0.1) is 25.7 Å². The molecule has 1 rings (SSSR count). The first-order valence-electron chi connectivity index (χ1n) is 27.5. The normalized spacial score (nSPS) is 13.4. The van der Waals surface area contributed by atoms with Gasteiger partial charge >= 0.3 is 30.0 Å². The maximum Gasteiger partial charge on any atom is 0.508 e. The predicted molar refractivity (Wildman–Crippen MR) is 265 cm³/mol. The van der Waals surface area contributed by atoms with Crippen molar-refractivity contribution in [3.05, 3.63) is 0 Å². The van der Waals surface area contributed by atoms with Crippen molar-refractivity contribution in [2.75, 3.05) is 59.3 Å².